The van der Waals surface area contributed by atoms with E-state index in [1.54, 1.807) is 0 Å². The Morgan fingerprint density at radius 2 is 2.05 bits per heavy atom. The highest BCUT2D eigenvalue weighted by Crippen LogP contribution is 2.28. The third-order valence-electron chi connectivity index (χ3n) is 3.96. The summed E-state index contributed by atoms with van der Waals surface area (Å²) in [5, 5.41) is 4.04. The molecular formula is C13H21N3O3. The highest BCUT2D eigenvalue weighted by molar-refractivity contribution is 5.04. The first-order chi connectivity index (χ1) is 9.26. The zero-order valence-corrected chi connectivity index (χ0v) is 11.1. The Labute approximate surface area is 112 Å². The summed E-state index contributed by atoms with van der Waals surface area (Å²) in [5.41, 5.74) is 5.80. The lowest BCUT2D eigenvalue weighted by Gasteiger charge is -2.29. The normalized spacial score (nSPS) is 27.3. The molecule has 0 aromatic carbocycles. The van der Waals surface area contributed by atoms with Crippen LogP contribution < -0.4 is 5.73 Å². The summed E-state index contributed by atoms with van der Waals surface area (Å²) in [7, 11) is 0. The largest absolute Gasteiger partial charge is 0.381 e. The zero-order chi connectivity index (χ0) is 13.1. The molecule has 3 heterocycles. The van der Waals surface area contributed by atoms with Crippen molar-refractivity contribution < 1.29 is 14.0 Å². The van der Waals surface area contributed by atoms with Crippen molar-refractivity contribution in [1.29, 1.82) is 0 Å². The molecule has 0 amide bonds. The number of hydrogen-bond acceptors (Lipinski definition) is 6. The lowest BCUT2D eigenvalue weighted by atomic mass is 9.91. The Morgan fingerprint density at radius 3 is 2.79 bits per heavy atom. The molecule has 0 spiro atoms. The quantitative estimate of drug-likeness (QED) is 0.884. The van der Waals surface area contributed by atoms with Gasteiger partial charge in [0.05, 0.1) is 6.10 Å². The second-order valence-corrected chi connectivity index (χ2v) is 5.48. The molecule has 1 aromatic rings. The summed E-state index contributed by atoms with van der Waals surface area (Å²) in [6.45, 7) is 2.15. The molecule has 2 saturated heterocycles. The molecular weight excluding hydrogens is 246 g/mol. The summed E-state index contributed by atoms with van der Waals surface area (Å²) < 4.78 is 16.4. The number of nitrogens with two attached hydrogens (primary N) is 1. The van der Waals surface area contributed by atoms with Crippen LogP contribution >= 0.6 is 0 Å². The Hall–Kier alpha value is -0.980. The van der Waals surface area contributed by atoms with Crippen molar-refractivity contribution in [2.75, 3.05) is 19.8 Å². The van der Waals surface area contributed by atoms with Gasteiger partial charge in [-0.25, -0.2) is 0 Å². The van der Waals surface area contributed by atoms with Gasteiger partial charge < -0.3 is 19.7 Å². The van der Waals surface area contributed by atoms with Gasteiger partial charge in [0.2, 0.25) is 5.89 Å². The van der Waals surface area contributed by atoms with E-state index >= 15 is 0 Å². The molecule has 1 unspecified atom stereocenters. The average molecular weight is 267 g/mol. The summed E-state index contributed by atoms with van der Waals surface area (Å²) in [5.74, 6) is 1.25. The van der Waals surface area contributed by atoms with Crippen LogP contribution in [0.25, 0.3) is 0 Å². The molecule has 2 N–H and O–H groups in total. The van der Waals surface area contributed by atoms with E-state index in [2.05, 4.69) is 10.1 Å². The van der Waals surface area contributed by atoms with E-state index in [0.717, 1.165) is 38.7 Å². The first kappa shape index (κ1) is 13.0. The number of aromatic nitrogens is 2. The molecule has 19 heavy (non-hydrogen) atoms. The van der Waals surface area contributed by atoms with Crippen LogP contribution in [0.15, 0.2) is 4.52 Å². The molecule has 106 valence electrons. The van der Waals surface area contributed by atoms with Crippen LogP contribution in [0.5, 0.6) is 0 Å². The van der Waals surface area contributed by atoms with Gasteiger partial charge in [0.1, 0.15) is 5.54 Å². The van der Waals surface area contributed by atoms with Crippen LogP contribution in [0, 0.1) is 0 Å². The maximum absolute atomic E-state index is 6.32. The minimum atomic E-state index is -0.517. The van der Waals surface area contributed by atoms with Crippen molar-refractivity contribution in [3.05, 3.63) is 11.7 Å². The van der Waals surface area contributed by atoms with E-state index in [-0.39, 0.29) is 6.10 Å². The van der Waals surface area contributed by atoms with Gasteiger partial charge in [-0.3, -0.25) is 0 Å². The van der Waals surface area contributed by atoms with Crippen LogP contribution in [0.4, 0.5) is 0 Å². The lowest BCUT2D eigenvalue weighted by Crippen LogP contribution is -2.42. The predicted octanol–water partition coefficient (Wildman–Crippen LogP) is 1.15. The van der Waals surface area contributed by atoms with Gasteiger partial charge in [-0.1, -0.05) is 5.16 Å². The van der Waals surface area contributed by atoms with Gasteiger partial charge in [-0.05, 0) is 32.1 Å². The van der Waals surface area contributed by atoms with Gasteiger partial charge in [-0.15, -0.1) is 0 Å². The van der Waals surface area contributed by atoms with Crippen LogP contribution in [0.3, 0.4) is 0 Å². The van der Waals surface area contributed by atoms with Gasteiger partial charge in [-0.2, -0.15) is 4.98 Å². The first-order valence-corrected chi connectivity index (χ1v) is 7.08. The highest BCUT2D eigenvalue weighted by atomic mass is 16.5. The summed E-state index contributed by atoms with van der Waals surface area (Å²) in [6, 6.07) is 0. The van der Waals surface area contributed by atoms with Crippen molar-refractivity contribution in [3.8, 4) is 0 Å². The average Bonchev–Trinajstić information content (AvgIpc) is 2.90. The molecule has 2 fully saturated rings. The number of nitrogens with zero attached hydrogens (tertiary/aromatic N) is 2. The molecule has 2 aliphatic rings. The van der Waals surface area contributed by atoms with E-state index in [1.165, 1.54) is 6.42 Å². The molecule has 0 saturated carbocycles. The Morgan fingerprint density at radius 1 is 1.21 bits per heavy atom. The molecule has 0 radical (unpaired) electrons. The third-order valence-corrected chi connectivity index (χ3v) is 3.96. The van der Waals surface area contributed by atoms with Crippen LogP contribution in [0.1, 0.15) is 43.8 Å². The molecule has 6 nitrogen and oxygen atoms in total. The van der Waals surface area contributed by atoms with Crippen molar-refractivity contribution >= 4 is 0 Å². The van der Waals surface area contributed by atoms with E-state index < -0.39 is 5.54 Å². The number of rotatable bonds is 3. The summed E-state index contributed by atoms with van der Waals surface area (Å²) in [4.78, 5) is 4.46. The second kappa shape index (κ2) is 5.56. The molecule has 0 aliphatic carbocycles. The second-order valence-electron chi connectivity index (χ2n) is 5.48. The van der Waals surface area contributed by atoms with Gasteiger partial charge in [0.15, 0.2) is 5.82 Å². The fourth-order valence-electron chi connectivity index (χ4n) is 2.66. The SMILES string of the molecule is NC1(c2nc(CC3CCCCO3)no2)CCOCC1. The smallest absolute Gasteiger partial charge is 0.246 e. The van der Waals surface area contributed by atoms with Crippen LogP contribution in [-0.4, -0.2) is 36.1 Å². The van der Waals surface area contributed by atoms with Gasteiger partial charge in [0, 0.05) is 26.2 Å². The molecule has 0 bridgehead atoms. The number of ether oxygens (including phenoxy) is 2. The van der Waals surface area contributed by atoms with Crippen LogP contribution in [-0.2, 0) is 21.4 Å². The Bertz CT molecular complexity index is 409. The van der Waals surface area contributed by atoms with Gasteiger partial charge in [0.25, 0.3) is 0 Å². The number of hydrogen-bond donors (Lipinski definition) is 1. The minimum Gasteiger partial charge on any atom is -0.381 e. The fourth-order valence-corrected chi connectivity index (χ4v) is 2.66. The van der Waals surface area contributed by atoms with E-state index in [1.807, 2.05) is 0 Å². The van der Waals surface area contributed by atoms with Gasteiger partial charge >= 0.3 is 0 Å². The standard InChI is InChI=1S/C13H21N3O3/c14-13(4-7-17-8-5-13)12-15-11(16-19-12)9-10-3-1-2-6-18-10/h10H,1-9,14H2. The van der Waals surface area contributed by atoms with Crippen LogP contribution in [0.2, 0.25) is 0 Å². The minimum absolute atomic E-state index is 0.225. The summed E-state index contributed by atoms with van der Waals surface area (Å²) >= 11 is 0. The Kier molecular flexibility index (Phi) is 3.81. The van der Waals surface area contributed by atoms with Crippen molar-refractivity contribution in [2.45, 2.75) is 50.2 Å². The topological polar surface area (TPSA) is 83.4 Å². The maximum atomic E-state index is 6.32. The van der Waals surface area contributed by atoms with E-state index in [0.29, 0.717) is 24.9 Å². The molecule has 1 aromatic heterocycles. The fraction of sp³-hybridized carbons (Fsp3) is 0.846. The van der Waals surface area contributed by atoms with Crippen molar-refractivity contribution in [2.24, 2.45) is 5.73 Å². The molecule has 6 heteroatoms. The zero-order valence-electron chi connectivity index (χ0n) is 11.1. The predicted molar refractivity (Wildman–Crippen MR) is 67.5 cm³/mol. The third kappa shape index (κ3) is 2.96. The molecule has 1 atom stereocenters. The lowest BCUT2D eigenvalue weighted by molar-refractivity contribution is 0.0153. The molecule has 3 rings (SSSR count). The van der Waals surface area contributed by atoms with E-state index in [9.17, 15) is 0 Å². The van der Waals surface area contributed by atoms with Crippen molar-refractivity contribution in [1.82, 2.24) is 10.1 Å². The summed E-state index contributed by atoms with van der Waals surface area (Å²) in [6.07, 6.45) is 5.85. The molecule has 2 aliphatic heterocycles. The first-order valence-electron chi connectivity index (χ1n) is 7.08. The maximum Gasteiger partial charge on any atom is 0.246 e. The highest BCUT2D eigenvalue weighted by Gasteiger charge is 2.36. The Balaban J connectivity index is 1.65. The van der Waals surface area contributed by atoms with Crippen molar-refractivity contribution in [3.63, 3.8) is 0 Å². The van der Waals surface area contributed by atoms with E-state index in [4.69, 9.17) is 19.7 Å². The monoisotopic (exact) mass is 267 g/mol.